The van der Waals surface area contributed by atoms with E-state index in [4.69, 9.17) is 10.2 Å². The fourth-order valence-corrected chi connectivity index (χ4v) is 2.03. The summed E-state index contributed by atoms with van der Waals surface area (Å²) in [7, 11) is 0. The molecule has 0 bridgehead atoms. The zero-order valence-corrected chi connectivity index (χ0v) is 10.8. The quantitative estimate of drug-likeness (QED) is 0.760. The molecule has 0 atom stereocenters. The number of nitrogens with two attached hydrogens (primary N) is 1. The van der Waals surface area contributed by atoms with Crippen molar-refractivity contribution in [2.75, 3.05) is 5.73 Å². The molecule has 0 fully saturated rings. The summed E-state index contributed by atoms with van der Waals surface area (Å²) in [6.07, 6.45) is 0.781. The predicted octanol–water partition coefficient (Wildman–Crippen LogP) is 2.74. The number of rotatable bonds is 2. The summed E-state index contributed by atoms with van der Waals surface area (Å²) < 4.78 is 5.59. The van der Waals surface area contributed by atoms with Crippen LogP contribution in [0.1, 0.15) is 18.5 Å². The van der Waals surface area contributed by atoms with Crippen molar-refractivity contribution < 1.29 is 4.42 Å². The number of nitrogens with zero attached hydrogens (tertiary/aromatic N) is 3. The number of benzene rings is 1. The number of anilines is 1. The molecule has 2 heterocycles. The average Bonchev–Trinajstić information content (AvgIpc) is 2.79. The van der Waals surface area contributed by atoms with Crippen molar-refractivity contribution in [1.29, 1.82) is 0 Å². The first-order valence-electron chi connectivity index (χ1n) is 6.16. The third-order valence-corrected chi connectivity index (χ3v) is 2.90. The van der Waals surface area contributed by atoms with Gasteiger partial charge < -0.3 is 10.2 Å². The Balaban J connectivity index is 2.14. The third kappa shape index (κ3) is 2.14. The van der Waals surface area contributed by atoms with E-state index >= 15 is 0 Å². The molecule has 96 valence electrons. The van der Waals surface area contributed by atoms with Crippen molar-refractivity contribution in [2.24, 2.45) is 0 Å². The van der Waals surface area contributed by atoms with Gasteiger partial charge in [0.15, 0.2) is 11.5 Å². The van der Waals surface area contributed by atoms with Crippen molar-refractivity contribution in [3.63, 3.8) is 0 Å². The lowest BCUT2D eigenvalue weighted by Crippen LogP contribution is -1.98. The van der Waals surface area contributed by atoms with Crippen LogP contribution in [0.15, 0.2) is 28.7 Å². The van der Waals surface area contributed by atoms with Crippen LogP contribution in [0.5, 0.6) is 0 Å². The normalized spacial score (nSPS) is 11.1. The van der Waals surface area contributed by atoms with Gasteiger partial charge in [0, 0.05) is 17.7 Å². The summed E-state index contributed by atoms with van der Waals surface area (Å²) in [5.41, 5.74) is 9.91. The molecule has 0 saturated heterocycles. The highest BCUT2D eigenvalue weighted by atomic mass is 16.3. The van der Waals surface area contributed by atoms with Gasteiger partial charge in [0.1, 0.15) is 5.52 Å². The first-order chi connectivity index (χ1) is 9.15. The smallest absolute Gasteiger partial charge is 0.220 e. The summed E-state index contributed by atoms with van der Waals surface area (Å²) in [5.74, 6) is 1.02. The molecule has 5 heteroatoms. The Morgan fingerprint density at radius 3 is 2.74 bits per heavy atom. The van der Waals surface area contributed by atoms with Crippen LogP contribution >= 0.6 is 0 Å². The van der Waals surface area contributed by atoms with Crippen LogP contribution in [0.25, 0.3) is 22.4 Å². The first kappa shape index (κ1) is 11.6. The van der Waals surface area contributed by atoms with E-state index in [1.807, 2.05) is 38.1 Å². The van der Waals surface area contributed by atoms with Crippen LogP contribution in [0, 0.1) is 6.92 Å². The maximum Gasteiger partial charge on any atom is 0.220 e. The molecular weight excluding hydrogens is 240 g/mol. The second kappa shape index (κ2) is 4.35. The number of nitrogen functional groups attached to an aromatic ring is 1. The molecule has 0 radical (unpaired) electrons. The molecule has 0 saturated carbocycles. The predicted molar refractivity (Wildman–Crippen MR) is 73.6 cm³/mol. The molecule has 1 aromatic carbocycles. The van der Waals surface area contributed by atoms with Crippen molar-refractivity contribution in [3.8, 4) is 11.3 Å². The number of hydrogen-bond donors (Lipinski definition) is 1. The molecule has 19 heavy (non-hydrogen) atoms. The number of hydrogen-bond acceptors (Lipinski definition) is 5. The van der Waals surface area contributed by atoms with Crippen LogP contribution in [-0.4, -0.2) is 15.0 Å². The van der Waals surface area contributed by atoms with Crippen LogP contribution in [-0.2, 0) is 6.42 Å². The number of oxazole rings is 1. The molecular formula is C14H14N4O. The summed E-state index contributed by atoms with van der Waals surface area (Å²) in [6.45, 7) is 3.91. The number of aryl methyl sites for hydroxylation is 2. The fraction of sp³-hybridized carbons (Fsp3) is 0.214. The Kier molecular flexibility index (Phi) is 2.67. The Labute approximate surface area is 110 Å². The minimum Gasteiger partial charge on any atom is -0.441 e. The average molecular weight is 254 g/mol. The van der Waals surface area contributed by atoms with E-state index < -0.39 is 0 Å². The Hall–Kier alpha value is -2.43. The van der Waals surface area contributed by atoms with E-state index in [9.17, 15) is 0 Å². The van der Waals surface area contributed by atoms with E-state index in [0.717, 1.165) is 40.4 Å². The Morgan fingerprint density at radius 1 is 1.16 bits per heavy atom. The highest BCUT2D eigenvalue weighted by molar-refractivity contribution is 5.79. The minimum atomic E-state index is 0.282. The van der Waals surface area contributed by atoms with E-state index in [1.165, 1.54) is 0 Å². The Morgan fingerprint density at radius 2 is 2.00 bits per heavy atom. The second-order valence-corrected chi connectivity index (χ2v) is 4.40. The molecule has 5 nitrogen and oxygen atoms in total. The molecule has 0 aliphatic carbocycles. The molecule has 0 aliphatic heterocycles. The molecule has 0 aliphatic rings. The molecule has 3 rings (SSSR count). The van der Waals surface area contributed by atoms with E-state index in [2.05, 4.69) is 15.0 Å². The van der Waals surface area contributed by atoms with Gasteiger partial charge in [-0.2, -0.15) is 0 Å². The highest BCUT2D eigenvalue weighted by Gasteiger charge is 2.08. The van der Waals surface area contributed by atoms with E-state index in [-0.39, 0.29) is 5.95 Å². The van der Waals surface area contributed by atoms with Crippen molar-refractivity contribution >= 4 is 17.0 Å². The summed E-state index contributed by atoms with van der Waals surface area (Å²) >= 11 is 0. The molecule has 0 unspecified atom stereocenters. The van der Waals surface area contributed by atoms with Gasteiger partial charge in [-0.05, 0) is 31.2 Å². The zero-order valence-electron chi connectivity index (χ0n) is 10.8. The van der Waals surface area contributed by atoms with Gasteiger partial charge in [0.05, 0.1) is 5.69 Å². The Bertz CT molecular complexity index is 728. The number of aromatic nitrogens is 3. The van der Waals surface area contributed by atoms with Gasteiger partial charge in [-0.15, -0.1) is 0 Å². The van der Waals surface area contributed by atoms with Crippen LogP contribution < -0.4 is 5.73 Å². The van der Waals surface area contributed by atoms with E-state index in [0.29, 0.717) is 0 Å². The SMILES string of the molecule is CCc1nc2cc(-c3cc(C)nc(N)n3)ccc2o1. The summed E-state index contributed by atoms with van der Waals surface area (Å²) in [4.78, 5) is 12.7. The lowest BCUT2D eigenvalue weighted by molar-refractivity contribution is 0.538. The van der Waals surface area contributed by atoms with Gasteiger partial charge >= 0.3 is 0 Å². The topological polar surface area (TPSA) is 77.8 Å². The highest BCUT2D eigenvalue weighted by Crippen LogP contribution is 2.24. The number of fused-ring (bicyclic) bond motifs is 1. The van der Waals surface area contributed by atoms with Crippen molar-refractivity contribution in [2.45, 2.75) is 20.3 Å². The lowest BCUT2D eigenvalue weighted by atomic mass is 10.1. The molecule has 2 N–H and O–H groups in total. The standard InChI is InChI=1S/C14H14N4O/c1-3-13-17-11-7-9(4-5-12(11)19-13)10-6-8(2)16-14(15)18-10/h4-7H,3H2,1-2H3,(H2,15,16,18). The van der Waals surface area contributed by atoms with Gasteiger partial charge in [0.2, 0.25) is 5.95 Å². The monoisotopic (exact) mass is 254 g/mol. The summed E-state index contributed by atoms with van der Waals surface area (Å²) in [6, 6.07) is 7.72. The summed E-state index contributed by atoms with van der Waals surface area (Å²) in [5, 5.41) is 0. The lowest BCUT2D eigenvalue weighted by Gasteiger charge is -2.02. The molecule has 2 aromatic heterocycles. The third-order valence-electron chi connectivity index (χ3n) is 2.90. The zero-order chi connectivity index (χ0) is 13.4. The largest absolute Gasteiger partial charge is 0.441 e. The van der Waals surface area contributed by atoms with Crippen LogP contribution in [0.4, 0.5) is 5.95 Å². The molecule has 0 amide bonds. The fourth-order valence-electron chi connectivity index (χ4n) is 2.03. The first-order valence-corrected chi connectivity index (χ1v) is 6.16. The van der Waals surface area contributed by atoms with Gasteiger partial charge in [-0.3, -0.25) is 0 Å². The maximum absolute atomic E-state index is 5.68. The van der Waals surface area contributed by atoms with E-state index in [1.54, 1.807) is 0 Å². The molecule has 3 aromatic rings. The van der Waals surface area contributed by atoms with Crippen LogP contribution in [0.3, 0.4) is 0 Å². The van der Waals surface area contributed by atoms with Gasteiger partial charge in [-0.1, -0.05) is 6.92 Å². The minimum absolute atomic E-state index is 0.282. The maximum atomic E-state index is 5.68. The van der Waals surface area contributed by atoms with Gasteiger partial charge in [0.25, 0.3) is 0 Å². The van der Waals surface area contributed by atoms with Crippen molar-refractivity contribution in [1.82, 2.24) is 15.0 Å². The van der Waals surface area contributed by atoms with Crippen molar-refractivity contribution in [3.05, 3.63) is 35.9 Å². The second-order valence-electron chi connectivity index (χ2n) is 4.40. The van der Waals surface area contributed by atoms with Crippen LogP contribution in [0.2, 0.25) is 0 Å². The van der Waals surface area contributed by atoms with Gasteiger partial charge in [-0.25, -0.2) is 15.0 Å². The molecule has 0 spiro atoms.